The van der Waals surface area contributed by atoms with Gasteiger partial charge in [-0.3, -0.25) is 4.79 Å². The van der Waals surface area contributed by atoms with E-state index in [2.05, 4.69) is 20.4 Å². The first kappa shape index (κ1) is 13.2. The van der Waals surface area contributed by atoms with Crippen LogP contribution in [-0.4, -0.2) is 18.0 Å². The van der Waals surface area contributed by atoms with E-state index < -0.39 is 0 Å². The Morgan fingerprint density at radius 2 is 2.19 bits per heavy atom. The average molecular weight is 222 g/mol. The van der Waals surface area contributed by atoms with E-state index in [-0.39, 0.29) is 23.4 Å². The van der Waals surface area contributed by atoms with Crippen molar-refractivity contribution >= 4 is 5.78 Å². The lowest BCUT2D eigenvalue weighted by Crippen LogP contribution is -2.31. The molecule has 0 aromatic carbocycles. The van der Waals surface area contributed by atoms with Gasteiger partial charge in [0.05, 0.1) is 6.10 Å². The number of rotatable bonds is 2. The summed E-state index contributed by atoms with van der Waals surface area (Å²) in [6.07, 6.45) is 5.19. The van der Waals surface area contributed by atoms with Gasteiger partial charge in [-0.15, -0.1) is 0 Å². The molecule has 90 valence electrons. The Balaban J connectivity index is 2.85. The minimum absolute atomic E-state index is 0.00632. The fraction of sp³-hybridized carbons (Fsp3) is 0.643. The lowest BCUT2D eigenvalue weighted by Gasteiger charge is -2.30. The van der Waals surface area contributed by atoms with Crippen molar-refractivity contribution in [2.45, 2.75) is 52.7 Å². The maximum Gasteiger partial charge on any atom is 0.161 e. The van der Waals surface area contributed by atoms with E-state index in [1.54, 1.807) is 0 Å². The summed E-state index contributed by atoms with van der Waals surface area (Å²) in [6.45, 7) is 11.9. The minimum Gasteiger partial charge on any atom is -0.363 e. The Bertz CT molecular complexity index is 313. The SMILES string of the molecule is C=C(C)/C=C/C1OC(C)C(=O)CCC1(C)C. The van der Waals surface area contributed by atoms with Crippen LogP contribution in [0.3, 0.4) is 0 Å². The van der Waals surface area contributed by atoms with Crippen molar-refractivity contribution in [2.75, 3.05) is 0 Å². The van der Waals surface area contributed by atoms with E-state index in [0.717, 1.165) is 12.0 Å². The average Bonchev–Trinajstić information content (AvgIpc) is 2.27. The van der Waals surface area contributed by atoms with Crippen LogP contribution < -0.4 is 0 Å². The van der Waals surface area contributed by atoms with Gasteiger partial charge in [0.15, 0.2) is 5.78 Å². The molecule has 1 heterocycles. The van der Waals surface area contributed by atoms with Gasteiger partial charge in [0, 0.05) is 6.42 Å². The summed E-state index contributed by atoms with van der Waals surface area (Å²) in [4.78, 5) is 11.6. The summed E-state index contributed by atoms with van der Waals surface area (Å²) < 4.78 is 5.81. The van der Waals surface area contributed by atoms with E-state index in [9.17, 15) is 4.79 Å². The van der Waals surface area contributed by atoms with Gasteiger partial charge in [-0.25, -0.2) is 0 Å². The van der Waals surface area contributed by atoms with Gasteiger partial charge in [0.25, 0.3) is 0 Å². The molecule has 2 heteroatoms. The number of hydrogen-bond acceptors (Lipinski definition) is 2. The highest BCUT2D eigenvalue weighted by atomic mass is 16.5. The molecule has 1 saturated heterocycles. The van der Waals surface area contributed by atoms with Crippen LogP contribution in [-0.2, 0) is 9.53 Å². The van der Waals surface area contributed by atoms with Crippen molar-refractivity contribution < 1.29 is 9.53 Å². The van der Waals surface area contributed by atoms with Gasteiger partial charge >= 0.3 is 0 Å². The zero-order valence-electron chi connectivity index (χ0n) is 10.7. The monoisotopic (exact) mass is 222 g/mol. The molecule has 0 radical (unpaired) electrons. The summed E-state index contributed by atoms with van der Waals surface area (Å²) in [7, 11) is 0. The molecule has 0 spiro atoms. The van der Waals surface area contributed by atoms with Crippen LogP contribution in [0.15, 0.2) is 24.3 Å². The highest BCUT2D eigenvalue weighted by Gasteiger charge is 2.35. The summed E-state index contributed by atoms with van der Waals surface area (Å²) in [5.74, 6) is 0.208. The van der Waals surface area contributed by atoms with E-state index in [4.69, 9.17) is 4.74 Å². The maximum atomic E-state index is 11.6. The fourth-order valence-electron chi connectivity index (χ4n) is 1.83. The molecule has 1 fully saturated rings. The molecule has 0 saturated carbocycles. The zero-order chi connectivity index (χ0) is 12.3. The standard InChI is InChI=1S/C14H22O2/c1-10(2)6-7-13-14(4,5)9-8-12(15)11(3)16-13/h6-7,11,13H,1,8-9H2,2-5H3/b7-6+. The van der Waals surface area contributed by atoms with Gasteiger partial charge in [-0.05, 0) is 25.7 Å². The highest BCUT2D eigenvalue weighted by Crippen LogP contribution is 2.34. The molecule has 2 atom stereocenters. The van der Waals surface area contributed by atoms with Gasteiger partial charge in [0.1, 0.15) is 6.10 Å². The second-order valence-electron chi connectivity index (χ2n) is 5.36. The van der Waals surface area contributed by atoms with E-state index in [0.29, 0.717) is 6.42 Å². The number of allylic oxidation sites excluding steroid dienone is 2. The van der Waals surface area contributed by atoms with Crippen LogP contribution in [0.25, 0.3) is 0 Å². The highest BCUT2D eigenvalue weighted by molar-refractivity contribution is 5.83. The molecule has 0 aromatic rings. The second kappa shape index (κ2) is 4.96. The predicted octanol–water partition coefficient (Wildman–Crippen LogP) is 3.28. The first-order chi connectivity index (χ1) is 7.33. The molecule has 1 rings (SSSR count). The molecule has 0 aromatic heterocycles. The number of hydrogen-bond donors (Lipinski definition) is 0. The number of carbonyl (C=O) groups excluding carboxylic acids is 1. The Kier molecular flexibility index (Phi) is 4.09. The smallest absolute Gasteiger partial charge is 0.161 e. The Labute approximate surface area is 98.4 Å². The molecule has 0 aliphatic carbocycles. The van der Waals surface area contributed by atoms with Crippen molar-refractivity contribution in [3.05, 3.63) is 24.3 Å². The third-order valence-electron chi connectivity index (χ3n) is 3.15. The Hall–Kier alpha value is -0.890. The quantitative estimate of drug-likeness (QED) is 0.670. The molecule has 1 aliphatic heterocycles. The number of Topliss-reactive ketones (excluding diaryl/α,β-unsaturated/α-hetero) is 1. The Morgan fingerprint density at radius 1 is 1.56 bits per heavy atom. The first-order valence-electron chi connectivity index (χ1n) is 5.85. The van der Waals surface area contributed by atoms with Crippen LogP contribution in [0.4, 0.5) is 0 Å². The van der Waals surface area contributed by atoms with Crippen LogP contribution in [0.5, 0.6) is 0 Å². The zero-order valence-corrected chi connectivity index (χ0v) is 10.7. The molecule has 2 nitrogen and oxygen atoms in total. The number of ketones is 1. The van der Waals surface area contributed by atoms with Gasteiger partial charge in [-0.1, -0.05) is 38.2 Å². The number of carbonyl (C=O) groups is 1. The third-order valence-corrected chi connectivity index (χ3v) is 3.15. The third kappa shape index (κ3) is 3.31. The molecular formula is C14H22O2. The topological polar surface area (TPSA) is 26.3 Å². The summed E-state index contributed by atoms with van der Waals surface area (Å²) in [5, 5.41) is 0. The molecule has 2 unspecified atom stereocenters. The van der Waals surface area contributed by atoms with Crippen LogP contribution in [0.1, 0.15) is 40.5 Å². The molecule has 0 N–H and O–H groups in total. The predicted molar refractivity (Wildman–Crippen MR) is 66.3 cm³/mol. The summed E-state index contributed by atoms with van der Waals surface area (Å²) >= 11 is 0. The van der Waals surface area contributed by atoms with E-state index >= 15 is 0 Å². The van der Waals surface area contributed by atoms with E-state index in [1.807, 2.05) is 26.0 Å². The maximum absolute atomic E-state index is 11.6. The second-order valence-corrected chi connectivity index (χ2v) is 5.36. The number of ether oxygens (including phenoxy) is 1. The Morgan fingerprint density at radius 3 is 2.75 bits per heavy atom. The van der Waals surface area contributed by atoms with Crippen LogP contribution in [0.2, 0.25) is 0 Å². The van der Waals surface area contributed by atoms with Crippen molar-refractivity contribution in [1.82, 2.24) is 0 Å². The molecular weight excluding hydrogens is 200 g/mol. The summed E-state index contributed by atoms with van der Waals surface area (Å²) in [6, 6.07) is 0. The molecule has 0 amide bonds. The van der Waals surface area contributed by atoms with Gasteiger partial charge in [0.2, 0.25) is 0 Å². The lowest BCUT2D eigenvalue weighted by atomic mass is 9.81. The van der Waals surface area contributed by atoms with Crippen molar-refractivity contribution in [3.63, 3.8) is 0 Å². The fourth-order valence-corrected chi connectivity index (χ4v) is 1.83. The van der Waals surface area contributed by atoms with E-state index in [1.165, 1.54) is 0 Å². The van der Waals surface area contributed by atoms with Gasteiger partial charge in [-0.2, -0.15) is 0 Å². The molecule has 0 bridgehead atoms. The molecule has 1 aliphatic rings. The largest absolute Gasteiger partial charge is 0.363 e. The van der Waals surface area contributed by atoms with Gasteiger partial charge < -0.3 is 4.74 Å². The van der Waals surface area contributed by atoms with Crippen molar-refractivity contribution in [1.29, 1.82) is 0 Å². The lowest BCUT2D eigenvalue weighted by molar-refractivity contribution is -0.130. The minimum atomic E-state index is -0.290. The van der Waals surface area contributed by atoms with Crippen LogP contribution in [0, 0.1) is 5.41 Å². The van der Waals surface area contributed by atoms with Crippen LogP contribution >= 0.6 is 0 Å². The summed E-state index contributed by atoms with van der Waals surface area (Å²) in [5.41, 5.74) is 1.01. The van der Waals surface area contributed by atoms with Crippen molar-refractivity contribution in [3.8, 4) is 0 Å². The first-order valence-corrected chi connectivity index (χ1v) is 5.85. The normalized spacial score (nSPS) is 30.4. The van der Waals surface area contributed by atoms with Crippen molar-refractivity contribution in [2.24, 2.45) is 5.41 Å². The molecule has 16 heavy (non-hydrogen) atoms.